The zero-order valence-corrected chi connectivity index (χ0v) is 8.29. The third-order valence-electron chi connectivity index (χ3n) is 1.84. The summed E-state index contributed by atoms with van der Waals surface area (Å²) in [5, 5.41) is 27.5. The third kappa shape index (κ3) is 2.77. The highest BCUT2D eigenvalue weighted by Gasteiger charge is 2.18. The van der Waals surface area contributed by atoms with Crippen LogP contribution in [0.15, 0.2) is 12.1 Å². The lowest BCUT2D eigenvalue weighted by Gasteiger charge is -2.14. The minimum atomic E-state index is -0.872. The van der Waals surface area contributed by atoms with Crippen molar-refractivity contribution in [2.45, 2.75) is 25.6 Å². The lowest BCUT2D eigenvalue weighted by molar-refractivity contribution is 0.00618. The Kier molecular flexibility index (Phi) is 3.87. The molecule has 0 aliphatic rings. The minimum Gasteiger partial charge on any atom is -0.396 e. The molecule has 1 heterocycles. The molecule has 3 N–H and O–H groups in total. The number of hydrogen-bond donors (Lipinski definition) is 3. The van der Waals surface area contributed by atoms with Crippen molar-refractivity contribution in [1.29, 1.82) is 0 Å². The van der Waals surface area contributed by atoms with Crippen LogP contribution < -0.4 is 0 Å². The van der Waals surface area contributed by atoms with Gasteiger partial charge in [-0.15, -0.1) is 11.3 Å². The molecule has 13 heavy (non-hydrogen) atoms. The molecule has 0 bridgehead atoms. The van der Waals surface area contributed by atoms with Gasteiger partial charge in [-0.25, -0.2) is 0 Å². The molecule has 2 atom stereocenters. The summed E-state index contributed by atoms with van der Waals surface area (Å²) in [6, 6.07) is 3.69. The summed E-state index contributed by atoms with van der Waals surface area (Å²) in [6.45, 7) is 1.84. The topological polar surface area (TPSA) is 60.7 Å². The summed E-state index contributed by atoms with van der Waals surface area (Å²) in [4.78, 5) is 1.85. The summed E-state index contributed by atoms with van der Waals surface area (Å²) >= 11 is 1.46. The van der Waals surface area contributed by atoms with Crippen molar-refractivity contribution in [3.63, 3.8) is 0 Å². The summed E-state index contributed by atoms with van der Waals surface area (Å²) in [6.07, 6.45) is -1.54. The highest BCUT2D eigenvalue weighted by atomic mass is 32.1. The van der Waals surface area contributed by atoms with E-state index in [1.54, 1.807) is 6.07 Å². The molecule has 74 valence electrons. The van der Waals surface area contributed by atoms with Crippen LogP contribution in [0.2, 0.25) is 0 Å². The minimum absolute atomic E-state index is 0.109. The molecular formula is C9H14O3S. The monoisotopic (exact) mass is 202 g/mol. The van der Waals surface area contributed by atoms with Gasteiger partial charge >= 0.3 is 0 Å². The Balaban J connectivity index is 2.61. The van der Waals surface area contributed by atoms with E-state index in [1.807, 2.05) is 13.0 Å². The van der Waals surface area contributed by atoms with Crippen LogP contribution in [0.1, 0.15) is 22.3 Å². The van der Waals surface area contributed by atoms with Gasteiger partial charge in [-0.05, 0) is 25.5 Å². The molecule has 4 heteroatoms. The molecule has 0 saturated carbocycles. The molecule has 0 spiro atoms. The predicted octanol–water partition coefficient (Wildman–Crippen LogP) is 0.833. The summed E-state index contributed by atoms with van der Waals surface area (Å²) < 4.78 is 0. The highest BCUT2D eigenvalue weighted by molar-refractivity contribution is 7.12. The van der Waals surface area contributed by atoms with Crippen LogP contribution >= 0.6 is 11.3 Å². The maximum absolute atomic E-state index is 9.58. The normalized spacial score (nSPS) is 15.7. The van der Waals surface area contributed by atoms with Gasteiger partial charge < -0.3 is 15.3 Å². The van der Waals surface area contributed by atoms with Crippen molar-refractivity contribution in [2.24, 2.45) is 0 Å². The Labute approximate surface area is 81.3 Å². The van der Waals surface area contributed by atoms with Crippen LogP contribution in [0.5, 0.6) is 0 Å². The summed E-state index contributed by atoms with van der Waals surface area (Å²) in [7, 11) is 0. The van der Waals surface area contributed by atoms with E-state index in [-0.39, 0.29) is 13.0 Å². The molecule has 0 aromatic carbocycles. The summed E-state index contributed by atoms with van der Waals surface area (Å²) in [5.41, 5.74) is 0. The van der Waals surface area contributed by atoms with Crippen molar-refractivity contribution in [3.05, 3.63) is 21.9 Å². The van der Waals surface area contributed by atoms with Gasteiger partial charge in [0.05, 0.1) is 6.10 Å². The SMILES string of the molecule is Cc1ccc(C(O)C(O)CCO)s1. The first-order chi connectivity index (χ1) is 6.15. The van der Waals surface area contributed by atoms with Crippen LogP contribution in [0, 0.1) is 6.92 Å². The van der Waals surface area contributed by atoms with E-state index in [0.29, 0.717) is 0 Å². The fourth-order valence-electron chi connectivity index (χ4n) is 1.09. The zero-order valence-electron chi connectivity index (χ0n) is 7.47. The molecule has 1 rings (SSSR count). The Bertz CT molecular complexity index is 259. The van der Waals surface area contributed by atoms with Gasteiger partial charge in [0.25, 0.3) is 0 Å². The first-order valence-electron chi connectivity index (χ1n) is 4.18. The second-order valence-electron chi connectivity index (χ2n) is 2.97. The van der Waals surface area contributed by atoms with E-state index in [4.69, 9.17) is 5.11 Å². The van der Waals surface area contributed by atoms with E-state index in [1.165, 1.54) is 11.3 Å². The van der Waals surface area contributed by atoms with Crippen LogP contribution in [-0.4, -0.2) is 28.0 Å². The summed E-state index contributed by atoms with van der Waals surface area (Å²) in [5.74, 6) is 0. The van der Waals surface area contributed by atoms with Crippen molar-refractivity contribution in [3.8, 4) is 0 Å². The number of aryl methyl sites for hydroxylation is 1. The smallest absolute Gasteiger partial charge is 0.114 e. The van der Waals surface area contributed by atoms with Crippen LogP contribution in [-0.2, 0) is 0 Å². The molecule has 2 unspecified atom stereocenters. The molecule has 0 fully saturated rings. The first kappa shape index (κ1) is 10.7. The van der Waals surface area contributed by atoms with E-state index in [0.717, 1.165) is 9.75 Å². The molecule has 0 aliphatic heterocycles. The Morgan fingerprint density at radius 3 is 2.54 bits per heavy atom. The van der Waals surface area contributed by atoms with Gasteiger partial charge in [-0.1, -0.05) is 0 Å². The molecule has 0 aliphatic carbocycles. The molecule has 1 aromatic rings. The van der Waals surface area contributed by atoms with Crippen molar-refractivity contribution in [1.82, 2.24) is 0 Å². The second kappa shape index (κ2) is 4.72. The maximum Gasteiger partial charge on any atom is 0.114 e. The Morgan fingerprint density at radius 2 is 2.08 bits per heavy atom. The molecule has 1 aromatic heterocycles. The number of aliphatic hydroxyl groups is 3. The standard InChI is InChI=1S/C9H14O3S/c1-6-2-3-8(13-6)9(12)7(11)4-5-10/h2-3,7,9-12H,4-5H2,1H3. The lowest BCUT2D eigenvalue weighted by atomic mass is 10.1. The quantitative estimate of drug-likeness (QED) is 0.678. The number of thiophene rings is 1. The van der Waals surface area contributed by atoms with Gasteiger partial charge in [0.15, 0.2) is 0 Å². The van der Waals surface area contributed by atoms with Crippen LogP contribution in [0.4, 0.5) is 0 Å². The van der Waals surface area contributed by atoms with Crippen molar-refractivity contribution in [2.75, 3.05) is 6.61 Å². The molecule has 3 nitrogen and oxygen atoms in total. The van der Waals surface area contributed by atoms with Gasteiger partial charge in [0.1, 0.15) is 6.10 Å². The van der Waals surface area contributed by atoms with Crippen molar-refractivity contribution < 1.29 is 15.3 Å². The van der Waals surface area contributed by atoms with E-state index >= 15 is 0 Å². The maximum atomic E-state index is 9.58. The van der Waals surface area contributed by atoms with Crippen LogP contribution in [0.3, 0.4) is 0 Å². The van der Waals surface area contributed by atoms with E-state index in [2.05, 4.69) is 0 Å². The molecular weight excluding hydrogens is 188 g/mol. The fraction of sp³-hybridized carbons (Fsp3) is 0.556. The largest absolute Gasteiger partial charge is 0.396 e. The van der Waals surface area contributed by atoms with Gasteiger partial charge in [-0.3, -0.25) is 0 Å². The third-order valence-corrected chi connectivity index (χ3v) is 2.91. The zero-order chi connectivity index (χ0) is 9.84. The predicted molar refractivity (Wildman–Crippen MR) is 51.7 cm³/mol. The number of aliphatic hydroxyl groups excluding tert-OH is 3. The average Bonchev–Trinajstić information content (AvgIpc) is 2.51. The fourth-order valence-corrected chi connectivity index (χ4v) is 2.01. The van der Waals surface area contributed by atoms with Gasteiger partial charge in [0, 0.05) is 16.4 Å². The lowest BCUT2D eigenvalue weighted by Crippen LogP contribution is -2.18. The van der Waals surface area contributed by atoms with E-state index in [9.17, 15) is 10.2 Å². The number of hydrogen-bond acceptors (Lipinski definition) is 4. The Hall–Kier alpha value is -0.420. The number of rotatable bonds is 4. The Morgan fingerprint density at radius 1 is 1.38 bits per heavy atom. The van der Waals surface area contributed by atoms with E-state index < -0.39 is 12.2 Å². The molecule has 0 saturated heterocycles. The average molecular weight is 202 g/mol. The van der Waals surface area contributed by atoms with Gasteiger partial charge in [-0.2, -0.15) is 0 Å². The second-order valence-corrected chi connectivity index (χ2v) is 4.29. The van der Waals surface area contributed by atoms with Crippen molar-refractivity contribution >= 4 is 11.3 Å². The van der Waals surface area contributed by atoms with Crippen LogP contribution in [0.25, 0.3) is 0 Å². The molecule has 0 amide bonds. The highest BCUT2D eigenvalue weighted by Crippen LogP contribution is 2.25. The van der Waals surface area contributed by atoms with Gasteiger partial charge in [0.2, 0.25) is 0 Å². The first-order valence-corrected chi connectivity index (χ1v) is 5.00. The molecule has 0 radical (unpaired) electrons.